The summed E-state index contributed by atoms with van der Waals surface area (Å²) in [5.74, 6) is 0.847. The summed E-state index contributed by atoms with van der Waals surface area (Å²) in [6.07, 6.45) is -0.107. The molecule has 1 aromatic rings. The van der Waals surface area contributed by atoms with Gasteiger partial charge in [0.25, 0.3) is 0 Å². The summed E-state index contributed by atoms with van der Waals surface area (Å²) < 4.78 is 6.40. The van der Waals surface area contributed by atoms with Crippen molar-refractivity contribution in [2.75, 3.05) is 33.3 Å². The van der Waals surface area contributed by atoms with Gasteiger partial charge in [-0.3, -0.25) is 4.90 Å². The summed E-state index contributed by atoms with van der Waals surface area (Å²) >= 11 is 3.48. The van der Waals surface area contributed by atoms with Crippen molar-refractivity contribution in [3.8, 4) is 5.75 Å². The van der Waals surface area contributed by atoms with Crippen molar-refractivity contribution < 1.29 is 4.74 Å². The maximum atomic E-state index is 6.31. The summed E-state index contributed by atoms with van der Waals surface area (Å²) in [5, 5.41) is 3.32. The van der Waals surface area contributed by atoms with Crippen LogP contribution in [0.5, 0.6) is 5.75 Å². The van der Waals surface area contributed by atoms with Gasteiger partial charge in [-0.1, -0.05) is 15.9 Å². The minimum atomic E-state index is -0.107. The lowest BCUT2D eigenvalue weighted by atomic mass is 10.1. The summed E-state index contributed by atoms with van der Waals surface area (Å²) in [5.41, 5.74) is 7.34. The fourth-order valence-corrected chi connectivity index (χ4v) is 2.47. The van der Waals surface area contributed by atoms with Gasteiger partial charge in [0.15, 0.2) is 0 Å². The highest BCUT2D eigenvalue weighted by Gasteiger charge is 2.21. The van der Waals surface area contributed by atoms with Crippen LogP contribution in [0.1, 0.15) is 11.7 Å². The molecule has 1 aliphatic rings. The van der Waals surface area contributed by atoms with Crippen LogP contribution >= 0.6 is 15.9 Å². The third-order valence-corrected chi connectivity index (χ3v) is 3.55. The SMILES string of the molecule is COc1ccc(Br)cc1C(N)N1CCNCC1. The normalized spacial score (nSPS) is 19.0. The molecule has 94 valence electrons. The van der Waals surface area contributed by atoms with Gasteiger partial charge in [0.2, 0.25) is 0 Å². The summed E-state index contributed by atoms with van der Waals surface area (Å²) in [4.78, 5) is 2.26. The molecule has 0 spiro atoms. The molecule has 0 radical (unpaired) electrons. The molecule has 0 amide bonds. The van der Waals surface area contributed by atoms with Crippen molar-refractivity contribution in [2.24, 2.45) is 5.73 Å². The molecule has 17 heavy (non-hydrogen) atoms. The first kappa shape index (κ1) is 12.8. The van der Waals surface area contributed by atoms with E-state index < -0.39 is 0 Å². The van der Waals surface area contributed by atoms with Crippen molar-refractivity contribution >= 4 is 15.9 Å². The van der Waals surface area contributed by atoms with Crippen LogP contribution in [-0.2, 0) is 0 Å². The molecule has 0 bridgehead atoms. The zero-order chi connectivity index (χ0) is 12.3. The molecular weight excluding hydrogens is 282 g/mol. The van der Waals surface area contributed by atoms with E-state index in [1.807, 2.05) is 18.2 Å². The third kappa shape index (κ3) is 2.98. The fraction of sp³-hybridized carbons (Fsp3) is 0.500. The standard InChI is InChI=1S/C12H18BrN3O/c1-17-11-3-2-9(13)8-10(11)12(14)16-6-4-15-5-7-16/h2-3,8,12,15H,4-7,14H2,1H3. The highest BCUT2D eigenvalue weighted by Crippen LogP contribution is 2.29. The Morgan fingerprint density at radius 2 is 2.12 bits per heavy atom. The molecule has 0 saturated carbocycles. The number of nitrogens with zero attached hydrogens (tertiary/aromatic N) is 1. The number of hydrogen-bond acceptors (Lipinski definition) is 4. The zero-order valence-electron chi connectivity index (χ0n) is 9.95. The van der Waals surface area contributed by atoms with E-state index >= 15 is 0 Å². The van der Waals surface area contributed by atoms with E-state index in [2.05, 4.69) is 26.1 Å². The first-order valence-corrected chi connectivity index (χ1v) is 6.55. The topological polar surface area (TPSA) is 50.5 Å². The fourth-order valence-electron chi connectivity index (χ4n) is 2.09. The summed E-state index contributed by atoms with van der Waals surface area (Å²) in [6.45, 7) is 3.92. The lowest BCUT2D eigenvalue weighted by molar-refractivity contribution is 0.174. The van der Waals surface area contributed by atoms with Gasteiger partial charge < -0.3 is 15.8 Å². The molecule has 0 aromatic heterocycles. The van der Waals surface area contributed by atoms with Gasteiger partial charge in [0, 0.05) is 36.2 Å². The number of methoxy groups -OCH3 is 1. The van der Waals surface area contributed by atoms with Crippen LogP contribution in [-0.4, -0.2) is 38.2 Å². The highest BCUT2D eigenvalue weighted by molar-refractivity contribution is 9.10. The molecule has 1 fully saturated rings. The molecule has 2 rings (SSSR count). The molecular formula is C12H18BrN3O. The Balaban J connectivity index is 2.21. The van der Waals surface area contributed by atoms with Gasteiger partial charge in [-0.2, -0.15) is 0 Å². The number of halogens is 1. The predicted octanol–water partition coefficient (Wildman–Crippen LogP) is 1.32. The third-order valence-electron chi connectivity index (χ3n) is 3.06. The van der Waals surface area contributed by atoms with Crippen molar-refractivity contribution in [2.45, 2.75) is 6.17 Å². The second-order valence-electron chi connectivity index (χ2n) is 4.12. The predicted molar refractivity (Wildman–Crippen MR) is 72.1 cm³/mol. The zero-order valence-corrected chi connectivity index (χ0v) is 11.5. The molecule has 4 nitrogen and oxygen atoms in total. The number of nitrogens with two attached hydrogens (primary N) is 1. The number of rotatable bonds is 3. The Morgan fingerprint density at radius 1 is 1.41 bits per heavy atom. The van der Waals surface area contributed by atoms with E-state index in [1.54, 1.807) is 7.11 Å². The minimum Gasteiger partial charge on any atom is -0.496 e. The van der Waals surface area contributed by atoms with E-state index in [0.717, 1.165) is 42.0 Å². The van der Waals surface area contributed by atoms with Crippen LogP contribution in [0.25, 0.3) is 0 Å². The molecule has 1 aliphatic heterocycles. The average Bonchev–Trinajstić information content (AvgIpc) is 2.39. The van der Waals surface area contributed by atoms with Crippen LogP contribution in [0.4, 0.5) is 0 Å². The molecule has 1 aromatic carbocycles. The molecule has 5 heteroatoms. The molecule has 1 atom stereocenters. The highest BCUT2D eigenvalue weighted by atomic mass is 79.9. The lowest BCUT2D eigenvalue weighted by Gasteiger charge is -2.33. The van der Waals surface area contributed by atoms with E-state index in [1.165, 1.54) is 0 Å². The van der Waals surface area contributed by atoms with Crippen LogP contribution < -0.4 is 15.8 Å². The van der Waals surface area contributed by atoms with E-state index in [0.29, 0.717) is 0 Å². The maximum Gasteiger partial charge on any atom is 0.125 e. The van der Waals surface area contributed by atoms with Gasteiger partial charge in [-0.25, -0.2) is 0 Å². The minimum absolute atomic E-state index is 0.107. The second-order valence-corrected chi connectivity index (χ2v) is 5.03. The second kappa shape index (κ2) is 5.82. The van der Waals surface area contributed by atoms with E-state index in [-0.39, 0.29) is 6.17 Å². The number of benzene rings is 1. The van der Waals surface area contributed by atoms with Crippen molar-refractivity contribution in [3.05, 3.63) is 28.2 Å². The maximum absolute atomic E-state index is 6.31. The van der Waals surface area contributed by atoms with Crippen LogP contribution in [0.3, 0.4) is 0 Å². The Morgan fingerprint density at radius 3 is 2.76 bits per heavy atom. The number of piperazine rings is 1. The molecule has 1 saturated heterocycles. The monoisotopic (exact) mass is 299 g/mol. The molecule has 1 heterocycles. The van der Waals surface area contributed by atoms with E-state index in [4.69, 9.17) is 10.5 Å². The van der Waals surface area contributed by atoms with Crippen molar-refractivity contribution in [3.63, 3.8) is 0 Å². The van der Waals surface area contributed by atoms with Gasteiger partial charge in [0.05, 0.1) is 13.3 Å². The smallest absolute Gasteiger partial charge is 0.125 e. The number of hydrogen-bond donors (Lipinski definition) is 2. The lowest BCUT2D eigenvalue weighted by Crippen LogP contribution is -2.47. The number of nitrogens with one attached hydrogen (secondary N) is 1. The first-order chi connectivity index (χ1) is 8.22. The average molecular weight is 300 g/mol. The Hall–Kier alpha value is -0.620. The van der Waals surface area contributed by atoms with Crippen LogP contribution in [0, 0.1) is 0 Å². The Kier molecular flexibility index (Phi) is 4.39. The molecule has 0 aliphatic carbocycles. The molecule has 3 N–H and O–H groups in total. The van der Waals surface area contributed by atoms with E-state index in [9.17, 15) is 0 Å². The van der Waals surface area contributed by atoms with Crippen molar-refractivity contribution in [1.29, 1.82) is 0 Å². The van der Waals surface area contributed by atoms with Gasteiger partial charge in [-0.15, -0.1) is 0 Å². The summed E-state index contributed by atoms with van der Waals surface area (Å²) in [6, 6.07) is 5.94. The van der Waals surface area contributed by atoms with Gasteiger partial charge in [-0.05, 0) is 18.2 Å². The van der Waals surface area contributed by atoms with Gasteiger partial charge in [0.1, 0.15) is 5.75 Å². The van der Waals surface area contributed by atoms with Crippen LogP contribution in [0.15, 0.2) is 22.7 Å². The Labute approximate surface area is 110 Å². The molecule has 1 unspecified atom stereocenters. The Bertz CT molecular complexity index is 380. The van der Waals surface area contributed by atoms with Gasteiger partial charge >= 0.3 is 0 Å². The first-order valence-electron chi connectivity index (χ1n) is 5.76. The quantitative estimate of drug-likeness (QED) is 0.884. The van der Waals surface area contributed by atoms with Crippen molar-refractivity contribution in [1.82, 2.24) is 10.2 Å². The summed E-state index contributed by atoms with van der Waals surface area (Å²) in [7, 11) is 1.68. The van der Waals surface area contributed by atoms with Crippen LogP contribution in [0.2, 0.25) is 0 Å². The largest absolute Gasteiger partial charge is 0.496 e. The number of ether oxygens (including phenoxy) is 1.